The minimum Gasteiger partial charge on any atom is -0.346 e. The fourth-order valence-electron chi connectivity index (χ4n) is 3.30. The summed E-state index contributed by atoms with van der Waals surface area (Å²) < 4.78 is 64.8. The van der Waals surface area contributed by atoms with Gasteiger partial charge in [-0.15, -0.1) is 0 Å². The highest BCUT2D eigenvalue weighted by Gasteiger charge is 2.32. The van der Waals surface area contributed by atoms with Crippen LogP contribution in [0.2, 0.25) is 0 Å². The average molecular weight is 407 g/mol. The van der Waals surface area contributed by atoms with Crippen LogP contribution >= 0.6 is 0 Å². The molecule has 146 valence electrons. The van der Waals surface area contributed by atoms with Crippen molar-refractivity contribution < 1.29 is 21.6 Å². The Morgan fingerprint density at radius 3 is 2.50 bits per heavy atom. The van der Waals surface area contributed by atoms with Gasteiger partial charge >= 0.3 is 6.18 Å². The maximum absolute atomic E-state index is 12.8. The van der Waals surface area contributed by atoms with E-state index < -0.39 is 21.8 Å². The molecule has 0 amide bonds. The molecule has 0 radical (unpaired) electrons. The lowest BCUT2D eigenvalue weighted by atomic mass is 10.0. The summed E-state index contributed by atoms with van der Waals surface area (Å²) in [6.07, 6.45) is 1.38. The lowest BCUT2D eigenvalue weighted by Gasteiger charge is -2.26. The molecule has 0 atom stereocenters. The highest BCUT2D eigenvalue weighted by Crippen LogP contribution is 2.32. The molecule has 0 bridgehead atoms. The quantitative estimate of drug-likeness (QED) is 0.712. The fourth-order valence-corrected chi connectivity index (χ4v) is 4.68. The van der Waals surface area contributed by atoms with Crippen LogP contribution in [0.1, 0.15) is 17.5 Å². The van der Waals surface area contributed by atoms with E-state index in [2.05, 4.69) is 9.97 Å². The number of halogens is 3. The van der Waals surface area contributed by atoms with Gasteiger partial charge in [-0.05, 0) is 48.4 Å². The first-order valence-electron chi connectivity index (χ1n) is 8.56. The first kappa shape index (κ1) is 18.7. The molecule has 0 unspecified atom stereocenters. The van der Waals surface area contributed by atoms with Gasteiger partial charge in [0.25, 0.3) is 0 Å². The van der Waals surface area contributed by atoms with Crippen LogP contribution in [0.15, 0.2) is 59.8 Å². The van der Waals surface area contributed by atoms with Crippen molar-refractivity contribution in [3.05, 3.63) is 66.0 Å². The molecule has 2 aromatic heterocycles. The molecule has 0 saturated carbocycles. The van der Waals surface area contributed by atoms with E-state index in [1.165, 1.54) is 4.31 Å². The number of fused-ring (bicyclic) bond motifs is 1. The predicted molar refractivity (Wildman–Crippen MR) is 98.9 cm³/mol. The summed E-state index contributed by atoms with van der Waals surface area (Å²) in [5.74, 6) is 0. The van der Waals surface area contributed by atoms with Gasteiger partial charge in [0.15, 0.2) is 0 Å². The predicted octanol–water partition coefficient (Wildman–Crippen LogP) is 4.06. The van der Waals surface area contributed by atoms with Gasteiger partial charge in [0.1, 0.15) is 5.65 Å². The molecule has 5 nitrogen and oxygen atoms in total. The van der Waals surface area contributed by atoms with Gasteiger partial charge in [-0.25, -0.2) is 13.4 Å². The molecule has 0 fully saturated rings. The molecule has 1 aromatic carbocycles. The van der Waals surface area contributed by atoms with E-state index in [-0.39, 0.29) is 18.0 Å². The number of aromatic nitrogens is 2. The summed E-state index contributed by atoms with van der Waals surface area (Å²) in [6.45, 7) is 0.410. The summed E-state index contributed by atoms with van der Waals surface area (Å²) in [6, 6.07) is 7.37. The zero-order valence-electron chi connectivity index (χ0n) is 14.6. The molecule has 4 rings (SSSR count). The van der Waals surface area contributed by atoms with Crippen LogP contribution in [0, 0.1) is 0 Å². The van der Waals surface area contributed by atoms with Gasteiger partial charge < -0.3 is 4.98 Å². The number of hydrogen-bond acceptors (Lipinski definition) is 3. The standard InChI is InChI=1S/C19H16F3N3O2S/c20-19(21,22)14-3-5-15(6-4-14)28(26,27)25-10-7-13(8-11-25)17-12-24-18-16(17)2-1-9-23-18/h1-7,9,12H,8,10-11H2,(H,23,24). The molecule has 28 heavy (non-hydrogen) atoms. The van der Waals surface area contributed by atoms with E-state index in [1.54, 1.807) is 6.20 Å². The highest BCUT2D eigenvalue weighted by atomic mass is 32.2. The first-order chi connectivity index (χ1) is 13.3. The average Bonchev–Trinajstić information content (AvgIpc) is 3.12. The van der Waals surface area contributed by atoms with Crippen LogP contribution in [0.4, 0.5) is 13.2 Å². The van der Waals surface area contributed by atoms with Crippen LogP contribution in [-0.4, -0.2) is 35.8 Å². The SMILES string of the molecule is O=S(=O)(c1ccc(C(F)(F)F)cc1)N1CC=C(c2c[nH]c3ncccc23)CC1. The van der Waals surface area contributed by atoms with E-state index >= 15 is 0 Å². The summed E-state index contributed by atoms with van der Waals surface area (Å²) in [4.78, 5) is 7.20. The van der Waals surface area contributed by atoms with Crippen LogP contribution in [0.5, 0.6) is 0 Å². The third kappa shape index (κ3) is 3.31. The molecule has 9 heteroatoms. The van der Waals surface area contributed by atoms with Crippen molar-refractivity contribution in [2.24, 2.45) is 0 Å². The van der Waals surface area contributed by atoms with Crippen LogP contribution in [-0.2, 0) is 16.2 Å². The number of rotatable bonds is 3. The summed E-state index contributed by atoms with van der Waals surface area (Å²) >= 11 is 0. The van der Waals surface area contributed by atoms with Crippen molar-refractivity contribution in [3.63, 3.8) is 0 Å². The van der Waals surface area contributed by atoms with Crippen molar-refractivity contribution in [2.45, 2.75) is 17.5 Å². The van der Waals surface area contributed by atoms with Gasteiger partial charge in [0.05, 0.1) is 10.5 Å². The number of nitrogens with one attached hydrogen (secondary N) is 1. The van der Waals surface area contributed by atoms with Gasteiger partial charge in [-0.3, -0.25) is 0 Å². The van der Waals surface area contributed by atoms with Crippen molar-refractivity contribution in [3.8, 4) is 0 Å². The summed E-state index contributed by atoms with van der Waals surface area (Å²) in [7, 11) is -3.86. The van der Waals surface area contributed by atoms with E-state index in [9.17, 15) is 21.6 Å². The van der Waals surface area contributed by atoms with E-state index in [0.29, 0.717) is 6.42 Å². The number of alkyl halides is 3. The molecule has 1 aliphatic heterocycles. The second-order valence-corrected chi connectivity index (χ2v) is 8.40. The highest BCUT2D eigenvalue weighted by molar-refractivity contribution is 7.89. The van der Waals surface area contributed by atoms with E-state index in [1.807, 2.05) is 24.4 Å². The Bertz CT molecular complexity index is 1150. The molecular weight excluding hydrogens is 391 g/mol. The van der Waals surface area contributed by atoms with Crippen molar-refractivity contribution >= 4 is 26.6 Å². The van der Waals surface area contributed by atoms with Crippen LogP contribution in [0.25, 0.3) is 16.6 Å². The fraction of sp³-hybridized carbons (Fsp3) is 0.211. The lowest BCUT2D eigenvalue weighted by Crippen LogP contribution is -2.34. The number of H-pyrrole nitrogens is 1. The zero-order valence-corrected chi connectivity index (χ0v) is 15.4. The Morgan fingerprint density at radius 1 is 1.11 bits per heavy atom. The second-order valence-electron chi connectivity index (χ2n) is 6.47. The third-order valence-corrected chi connectivity index (χ3v) is 6.67. The van der Waals surface area contributed by atoms with Crippen molar-refractivity contribution in [1.82, 2.24) is 14.3 Å². The van der Waals surface area contributed by atoms with E-state index in [4.69, 9.17) is 0 Å². The topological polar surface area (TPSA) is 66.1 Å². The molecule has 0 spiro atoms. The van der Waals surface area contributed by atoms with Gasteiger partial charge in [-0.2, -0.15) is 17.5 Å². The Hall–Kier alpha value is -2.65. The molecule has 3 heterocycles. The number of hydrogen-bond donors (Lipinski definition) is 1. The Labute approximate surface area is 159 Å². The van der Waals surface area contributed by atoms with Gasteiger partial charge in [0, 0.05) is 36.4 Å². The number of pyridine rings is 1. The third-order valence-electron chi connectivity index (χ3n) is 4.79. The number of nitrogens with zero attached hydrogens (tertiary/aromatic N) is 2. The van der Waals surface area contributed by atoms with Crippen LogP contribution in [0.3, 0.4) is 0 Å². The molecular formula is C19H16F3N3O2S. The summed E-state index contributed by atoms with van der Waals surface area (Å²) in [5, 5.41) is 0.966. The monoisotopic (exact) mass is 407 g/mol. The normalized spacial score (nSPS) is 16.3. The smallest absolute Gasteiger partial charge is 0.346 e. The summed E-state index contributed by atoms with van der Waals surface area (Å²) in [5.41, 5.74) is 1.88. The molecule has 0 saturated heterocycles. The Morgan fingerprint density at radius 2 is 1.86 bits per heavy atom. The van der Waals surface area contributed by atoms with Crippen molar-refractivity contribution in [1.29, 1.82) is 0 Å². The number of benzene rings is 1. The second kappa shape index (κ2) is 6.75. The minimum absolute atomic E-state index is 0.145. The molecule has 1 aliphatic rings. The molecule has 0 aliphatic carbocycles. The minimum atomic E-state index is -4.50. The Kier molecular flexibility index (Phi) is 4.51. The van der Waals surface area contributed by atoms with Gasteiger partial charge in [0.2, 0.25) is 10.0 Å². The molecule has 1 N–H and O–H groups in total. The maximum Gasteiger partial charge on any atom is 0.416 e. The van der Waals surface area contributed by atoms with E-state index in [0.717, 1.165) is 46.4 Å². The number of sulfonamides is 1. The first-order valence-corrected chi connectivity index (χ1v) is 10.00. The Balaban J connectivity index is 1.57. The lowest BCUT2D eigenvalue weighted by molar-refractivity contribution is -0.137. The molecule has 3 aromatic rings. The zero-order chi connectivity index (χ0) is 19.9. The van der Waals surface area contributed by atoms with Crippen molar-refractivity contribution in [2.75, 3.05) is 13.1 Å². The maximum atomic E-state index is 12.8. The van der Waals surface area contributed by atoms with Crippen LogP contribution < -0.4 is 0 Å². The largest absolute Gasteiger partial charge is 0.416 e. The van der Waals surface area contributed by atoms with Gasteiger partial charge in [-0.1, -0.05) is 6.08 Å². The number of aromatic amines is 1.